The zero-order valence-corrected chi connectivity index (χ0v) is 15.4. The van der Waals surface area contributed by atoms with E-state index in [0.717, 1.165) is 7.11 Å². The first-order chi connectivity index (χ1) is 12.5. The highest BCUT2D eigenvalue weighted by Crippen LogP contribution is 2.71. The minimum atomic E-state index is -1.78. The summed E-state index contributed by atoms with van der Waals surface area (Å²) in [6, 6.07) is 1.63. The van der Waals surface area contributed by atoms with E-state index >= 15 is 0 Å². The molecule has 1 aliphatic rings. The third-order valence-electron chi connectivity index (χ3n) is 5.37. The molecule has 1 fully saturated rings. The first kappa shape index (κ1) is 21.2. The molecule has 0 unspecified atom stereocenters. The zero-order valence-electron chi connectivity index (χ0n) is 14.7. The van der Waals surface area contributed by atoms with Crippen molar-refractivity contribution in [3.8, 4) is 6.07 Å². The molecule has 0 aliphatic heterocycles. The minimum absolute atomic E-state index is 0.287. The van der Waals surface area contributed by atoms with Crippen LogP contribution in [-0.2, 0) is 22.6 Å². The second-order valence-electron chi connectivity index (χ2n) is 6.93. The van der Waals surface area contributed by atoms with Gasteiger partial charge in [-0.15, -0.1) is 0 Å². The summed E-state index contributed by atoms with van der Waals surface area (Å²) in [5.41, 5.74) is -4.77. The van der Waals surface area contributed by atoms with Gasteiger partial charge in [0, 0.05) is 18.6 Å². The van der Waals surface area contributed by atoms with Crippen molar-refractivity contribution in [2.24, 2.45) is 16.7 Å². The Morgan fingerprint density at radius 3 is 2.11 bits per heavy atom. The highest BCUT2D eigenvalue weighted by Gasteiger charge is 2.75. The average molecular weight is 406 g/mol. The Hall–Kier alpha value is -2.11. The lowest BCUT2D eigenvalue weighted by Crippen LogP contribution is -2.26. The molecule has 9 heteroatoms. The number of hydrogen-bond acceptors (Lipinski definition) is 3. The number of nitrogens with zero attached hydrogens (tertiary/aromatic N) is 1. The summed E-state index contributed by atoms with van der Waals surface area (Å²) in [6.45, 7) is 2.32. The van der Waals surface area contributed by atoms with Crippen LogP contribution in [0.2, 0.25) is 0 Å². The van der Waals surface area contributed by atoms with Crippen molar-refractivity contribution in [2.75, 3.05) is 7.11 Å². The molecule has 1 aromatic rings. The van der Waals surface area contributed by atoms with Crippen LogP contribution in [0.4, 0.5) is 17.6 Å². The molecule has 0 spiro atoms. The number of aliphatic carboxylic acids is 1. The summed E-state index contributed by atoms with van der Waals surface area (Å²) in [7, 11) is 1.10. The van der Waals surface area contributed by atoms with Crippen LogP contribution < -0.4 is 0 Å². The van der Waals surface area contributed by atoms with Crippen LogP contribution in [-0.4, -0.2) is 18.2 Å². The number of halogens is 5. The van der Waals surface area contributed by atoms with Gasteiger partial charge in [-0.2, -0.15) is 5.26 Å². The fourth-order valence-corrected chi connectivity index (χ4v) is 3.81. The van der Waals surface area contributed by atoms with Crippen LogP contribution in [0.1, 0.15) is 25.0 Å². The first-order valence-electron chi connectivity index (χ1n) is 7.80. The Balaban J connectivity index is 2.61. The summed E-state index contributed by atoms with van der Waals surface area (Å²) < 4.78 is 61.7. The first-order valence-corrected chi connectivity index (χ1v) is 8.18. The average Bonchev–Trinajstić information content (AvgIpc) is 3.08. The van der Waals surface area contributed by atoms with Gasteiger partial charge < -0.3 is 9.84 Å². The second-order valence-corrected chi connectivity index (χ2v) is 7.33. The Labute approximate surface area is 158 Å². The predicted molar refractivity (Wildman–Crippen MR) is 87.6 cm³/mol. The normalized spacial score (nSPS) is 23.8. The molecule has 0 saturated heterocycles. The van der Waals surface area contributed by atoms with E-state index in [4.69, 9.17) is 16.9 Å². The van der Waals surface area contributed by atoms with Crippen molar-refractivity contribution in [3.05, 3.63) is 45.5 Å². The summed E-state index contributed by atoms with van der Waals surface area (Å²) in [5, 5.41) is 18.2. The molecule has 146 valence electrons. The molecule has 1 saturated carbocycles. The topological polar surface area (TPSA) is 70.3 Å². The van der Waals surface area contributed by atoms with Crippen LogP contribution in [0.15, 0.2) is 11.1 Å². The molecule has 4 nitrogen and oxygen atoms in total. The van der Waals surface area contributed by atoms with E-state index in [-0.39, 0.29) is 5.03 Å². The largest absolute Gasteiger partial charge is 0.481 e. The monoisotopic (exact) mass is 405 g/mol. The van der Waals surface area contributed by atoms with E-state index in [2.05, 4.69) is 4.74 Å². The lowest BCUT2D eigenvalue weighted by atomic mass is 9.87. The van der Waals surface area contributed by atoms with Crippen molar-refractivity contribution < 1.29 is 32.2 Å². The molecule has 1 aromatic carbocycles. The number of rotatable bonds is 6. The van der Waals surface area contributed by atoms with Gasteiger partial charge >= 0.3 is 5.97 Å². The number of benzene rings is 1. The number of nitriles is 1. The highest BCUT2D eigenvalue weighted by atomic mass is 35.5. The van der Waals surface area contributed by atoms with Crippen molar-refractivity contribution in [3.63, 3.8) is 0 Å². The van der Waals surface area contributed by atoms with Gasteiger partial charge in [-0.3, -0.25) is 4.79 Å². The van der Waals surface area contributed by atoms with Crippen LogP contribution in [0.3, 0.4) is 0 Å². The number of methoxy groups -OCH3 is 1. The Bertz CT molecular complexity index is 849. The van der Waals surface area contributed by atoms with Gasteiger partial charge in [-0.1, -0.05) is 31.5 Å². The van der Waals surface area contributed by atoms with Gasteiger partial charge in [0.05, 0.1) is 17.6 Å². The molecule has 1 N–H and O–H groups in total. The molecule has 0 heterocycles. The lowest BCUT2D eigenvalue weighted by molar-refractivity contribution is -0.145. The Morgan fingerprint density at radius 2 is 1.70 bits per heavy atom. The number of carboxylic acids is 1. The van der Waals surface area contributed by atoms with Crippen molar-refractivity contribution in [1.29, 1.82) is 5.26 Å². The van der Waals surface area contributed by atoms with Gasteiger partial charge in [-0.25, -0.2) is 17.6 Å². The lowest BCUT2D eigenvalue weighted by Gasteiger charge is -2.18. The molecule has 0 radical (unpaired) electrons. The minimum Gasteiger partial charge on any atom is -0.481 e. The standard InChI is InChI=1S/C18H16ClF4NO3/c1-17(2)11(4-8(19)6-24)18(17,16(25)26)5-9-12(20)14(22)10(7-27-3)15(23)13(9)21/h4,11H,5,7H2,1-3H3,(H,25,26)/t11-,18-/m0/s1. The zero-order chi connectivity index (χ0) is 20.7. The maximum Gasteiger partial charge on any atom is 0.311 e. The molecule has 2 rings (SSSR count). The van der Waals surface area contributed by atoms with E-state index in [1.54, 1.807) is 6.07 Å². The fourth-order valence-electron chi connectivity index (χ4n) is 3.68. The molecular formula is C18H16ClF4NO3. The third kappa shape index (κ3) is 3.09. The quantitative estimate of drug-likeness (QED) is 0.435. The number of carboxylic acid groups (broad SMARTS) is 1. The van der Waals surface area contributed by atoms with E-state index < -0.39 is 70.1 Å². The van der Waals surface area contributed by atoms with Crippen molar-refractivity contribution in [1.82, 2.24) is 0 Å². The molecule has 0 aromatic heterocycles. The molecular weight excluding hydrogens is 390 g/mol. The van der Waals surface area contributed by atoms with Crippen LogP contribution >= 0.6 is 11.6 Å². The number of ether oxygens (including phenoxy) is 1. The Morgan fingerprint density at radius 1 is 1.22 bits per heavy atom. The number of carbonyl (C=O) groups is 1. The van der Waals surface area contributed by atoms with Crippen LogP contribution in [0, 0.1) is 51.3 Å². The summed E-state index contributed by atoms with van der Waals surface area (Å²) in [6.07, 6.45) is 0.363. The molecule has 1 aliphatic carbocycles. The van der Waals surface area contributed by atoms with E-state index in [1.807, 2.05) is 0 Å². The third-order valence-corrected chi connectivity index (χ3v) is 5.58. The van der Waals surface area contributed by atoms with Gasteiger partial charge in [0.25, 0.3) is 0 Å². The maximum atomic E-state index is 14.4. The maximum absolute atomic E-state index is 14.4. The fraction of sp³-hybridized carbons (Fsp3) is 0.444. The molecule has 0 amide bonds. The van der Waals surface area contributed by atoms with Gasteiger partial charge in [-0.05, 0) is 11.8 Å². The molecule has 2 atom stereocenters. The van der Waals surface area contributed by atoms with E-state index in [1.165, 1.54) is 19.9 Å². The SMILES string of the molecule is COCc1c(F)c(F)c(C[C@@]2(C(=O)O)[C@@H](C=C(Cl)C#N)C2(C)C)c(F)c1F. The second kappa shape index (κ2) is 7.13. The predicted octanol–water partition coefficient (Wildman–Crippen LogP) is 4.31. The van der Waals surface area contributed by atoms with Gasteiger partial charge in [0.15, 0.2) is 23.3 Å². The number of allylic oxidation sites excluding steroid dienone is 2. The van der Waals surface area contributed by atoms with Gasteiger partial charge in [0.1, 0.15) is 11.1 Å². The van der Waals surface area contributed by atoms with Crippen LogP contribution in [0.5, 0.6) is 0 Å². The smallest absolute Gasteiger partial charge is 0.311 e. The summed E-state index contributed by atoms with van der Waals surface area (Å²) in [4.78, 5) is 11.9. The molecule has 27 heavy (non-hydrogen) atoms. The van der Waals surface area contributed by atoms with Crippen molar-refractivity contribution >= 4 is 17.6 Å². The van der Waals surface area contributed by atoms with Crippen molar-refractivity contribution in [2.45, 2.75) is 26.9 Å². The summed E-state index contributed by atoms with van der Waals surface area (Å²) in [5.74, 6) is -8.88. The summed E-state index contributed by atoms with van der Waals surface area (Å²) >= 11 is 5.66. The number of hydrogen-bond donors (Lipinski definition) is 1. The van der Waals surface area contributed by atoms with E-state index in [9.17, 15) is 27.5 Å². The Kier molecular flexibility index (Phi) is 5.60. The van der Waals surface area contributed by atoms with Gasteiger partial charge in [0.2, 0.25) is 0 Å². The van der Waals surface area contributed by atoms with Crippen LogP contribution in [0.25, 0.3) is 0 Å². The van der Waals surface area contributed by atoms with E-state index in [0.29, 0.717) is 0 Å². The highest BCUT2D eigenvalue weighted by molar-refractivity contribution is 6.31. The molecule has 0 bridgehead atoms.